The van der Waals surface area contributed by atoms with Gasteiger partial charge >= 0.3 is 0 Å². The van der Waals surface area contributed by atoms with Crippen molar-refractivity contribution >= 4 is 0 Å². The number of hydrogen-bond donors (Lipinski definition) is 1. The van der Waals surface area contributed by atoms with Gasteiger partial charge in [-0.05, 0) is 55.4 Å². The van der Waals surface area contributed by atoms with Gasteiger partial charge in [0.1, 0.15) is 0 Å². The van der Waals surface area contributed by atoms with Gasteiger partial charge in [-0.1, -0.05) is 48.0 Å². The monoisotopic (exact) mass is 253 g/mol. The van der Waals surface area contributed by atoms with Crippen molar-refractivity contribution in [3.05, 3.63) is 0 Å². The van der Waals surface area contributed by atoms with E-state index in [0.29, 0.717) is 5.41 Å². The average Bonchev–Trinajstić information content (AvgIpc) is 2.30. The highest BCUT2D eigenvalue weighted by Gasteiger charge is 2.35. The summed E-state index contributed by atoms with van der Waals surface area (Å²) in [6.07, 6.45) is 6.98. The van der Waals surface area contributed by atoms with Crippen molar-refractivity contribution in [3.8, 4) is 0 Å². The first-order chi connectivity index (χ1) is 8.38. The van der Waals surface area contributed by atoms with E-state index in [-0.39, 0.29) is 0 Å². The lowest BCUT2D eigenvalue weighted by atomic mass is 9.66. The molecule has 1 rings (SSSR count). The van der Waals surface area contributed by atoms with Crippen molar-refractivity contribution in [2.75, 3.05) is 6.54 Å². The van der Waals surface area contributed by atoms with Gasteiger partial charge in [0, 0.05) is 6.04 Å². The minimum Gasteiger partial charge on any atom is -0.314 e. The van der Waals surface area contributed by atoms with E-state index in [0.717, 1.165) is 30.3 Å². The maximum Gasteiger partial charge on any atom is 0.00955 e. The molecule has 1 fully saturated rings. The first-order valence-electron chi connectivity index (χ1n) is 8.11. The zero-order chi connectivity index (χ0) is 13.8. The first kappa shape index (κ1) is 16.0. The fraction of sp³-hybridized carbons (Fsp3) is 1.00. The molecular formula is C17H35N. The second-order valence-electron chi connectivity index (χ2n) is 7.55. The summed E-state index contributed by atoms with van der Waals surface area (Å²) < 4.78 is 0. The molecule has 1 N–H and O–H groups in total. The molecule has 0 spiro atoms. The van der Waals surface area contributed by atoms with Crippen LogP contribution >= 0.6 is 0 Å². The number of hydrogen-bond acceptors (Lipinski definition) is 1. The molecule has 18 heavy (non-hydrogen) atoms. The van der Waals surface area contributed by atoms with Crippen molar-refractivity contribution in [1.29, 1.82) is 0 Å². The standard InChI is InChI=1S/C17H35N/c1-7-13(3)11-14-12-15(17(4,5)6)9-10-16(14)18-8-2/h13-16,18H,7-12H2,1-6H3. The molecule has 1 saturated carbocycles. The Labute approximate surface area is 115 Å². The van der Waals surface area contributed by atoms with Crippen molar-refractivity contribution in [3.63, 3.8) is 0 Å². The van der Waals surface area contributed by atoms with E-state index in [1.165, 1.54) is 32.1 Å². The quantitative estimate of drug-likeness (QED) is 0.737. The van der Waals surface area contributed by atoms with E-state index >= 15 is 0 Å². The van der Waals surface area contributed by atoms with Crippen LogP contribution in [0.1, 0.15) is 73.6 Å². The molecule has 1 nitrogen and oxygen atoms in total. The second kappa shape index (κ2) is 6.93. The molecule has 4 unspecified atom stereocenters. The molecule has 108 valence electrons. The molecule has 0 aromatic carbocycles. The van der Waals surface area contributed by atoms with Gasteiger partial charge < -0.3 is 5.32 Å². The molecule has 0 amide bonds. The lowest BCUT2D eigenvalue weighted by Crippen LogP contribution is -2.43. The Balaban J connectivity index is 2.64. The third-order valence-corrected chi connectivity index (χ3v) is 5.08. The summed E-state index contributed by atoms with van der Waals surface area (Å²) in [5, 5.41) is 3.74. The Bertz CT molecular complexity index is 228. The zero-order valence-corrected chi connectivity index (χ0v) is 13.6. The minimum atomic E-state index is 0.491. The van der Waals surface area contributed by atoms with Crippen LogP contribution in [-0.2, 0) is 0 Å². The van der Waals surface area contributed by atoms with Gasteiger partial charge in [-0.25, -0.2) is 0 Å². The van der Waals surface area contributed by atoms with E-state index in [9.17, 15) is 0 Å². The summed E-state index contributed by atoms with van der Waals surface area (Å²) in [4.78, 5) is 0. The van der Waals surface area contributed by atoms with E-state index < -0.39 is 0 Å². The molecule has 4 atom stereocenters. The lowest BCUT2D eigenvalue weighted by Gasteiger charge is -2.43. The predicted molar refractivity (Wildman–Crippen MR) is 81.8 cm³/mol. The summed E-state index contributed by atoms with van der Waals surface area (Å²) >= 11 is 0. The van der Waals surface area contributed by atoms with Crippen LogP contribution in [0.25, 0.3) is 0 Å². The van der Waals surface area contributed by atoms with E-state index in [4.69, 9.17) is 0 Å². The molecule has 0 aliphatic heterocycles. The van der Waals surface area contributed by atoms with Gasteiger partial charge in [-0.3, -0.25) is 0 Å². The van der Waals surface area contributed by atoms with Gasteiger partial charge in [0.25, 0.3) is 0 Å². The normalized spacial score (nSPS) is 31.3. The molecule has 0 heterocycles. The van der Waals surface area contributed by atoms with Crippen molar-refractivity contribution in [1.82, 2.24) is 5.32 Å². The summed E-state index contributed by atoms with van der Waals surface area (Å²) in [6.45, 7) is 15.4. The van der Waals surface area contributed by atoms with Crippen molar-refractivity contribution in [2.45, 2.75) is 79.7 Å². The van der Waals surface area contributed by atoms with E-state index in [1.54, 1.807) is 0 Å². The molecule has 0 aromatic heterocycles. The summed E-state index contributed by atoms with van der Waals surface area (Å²) in [5.41, 5.74) is 0.491. The van der Waals surface area contributed by atoms with Crippen molar-refractivity contribution < 1.29 is 0 Å². The molecule has 0 bridgehead atoms. The number of nitrogens with one attached hydrogen (secondary N) is 1. The zero-order valence-electron chi connectivity index (χ0n) is 13.6. The van der Waals surface area contributed by atoms with Gasteiger partial charge in [-0.15, -0.1) is 0 Å². The SMILES string of the molecule is CCNC1CCC(C(C)(C)C)CC1CC(C)CC. The van der Waals surface area contributed by atoms with Gasteiger partial charge in [0.15, 0.2) is 0 Å². The Hall–Kier alpha value is -0.0400. The topological polar surface area (TPSA) is 12.0 Å². The fourth-order valence-electron chi connectivity index (χ4n) is 3.53. The third-order valence-electron chi connectivity index (χ3n) is 5.08. The molecule has 0 radical (unpaired) electrons. The molecule has 1 aliphatic rings. The van der Waals surface area contributed by atoms with Crippen LogP contribution in [0.2, 0.25) is 0 Å². The van der Waals surface area contributed by atoms with Gasteiger partial charge in [-0.2, -0.15) is 0 Å². The van der Waals surface area contributed by atoms with E-state index in [2.05, 4.69) is 46.9 Å². The maximum atomic E-state index is 3.74. The smallest absolute Gasteiger partial charge is 0.00955 e. The van der Waals surface area contributed by atoms with Crippen LogP contribution in [0, 0.1) is 23.2 Å². The van der Waals surface area contributed by atoms with Crippen LogP contribution < -0.4 is 5.32 Å². The fourth-order valence-corrected chi connectivity index (χ4v) is 3.53. The molecule has 1 aliphatic carbocycles. The molecule has 0 saturated heterocycles. The summed E-state index contributed by atoms with van der Waals surface area (Å²) in [7, 11) is 0. The molecule has 1 heteroatoms. The third kappa shape index (κ3) is 4.57. The van der Waals surface area contributed by atoms with Crippen LogP contribution in [0.3, 0.4) is 0 Å². The molecule has 0 aromatic rings. The van der Waals surface area contributed by atoms with Gasteiger partial charge in [0.2, 0.25) is 0 Å². The van der Waals surface area contributed by atoms with Crippen LogP contribution in [-0.4, -0.2) is 12.6 Å². The van der Waals surface area contributed by atoms with Crippen molar-refractivity contribution in [2.24, 2.45) is 23.2 Å². The lowest BCUT2D eigenvalue weighted by molar-refractivity contribution is 0.102. The Kier molecular flexibility index (Phi) is 6.17. The highest BCUT2D eigenvalue weighted by molar-refractivity contribution is 4.89. The minimum absolute atomic E-state index is 0.491. The summed E-state index contributed by atoms with van der Waals surface area (Å²) in [6, 6.07) is 0.780. The van der Waals surface area contributed by atoms with Crippen LogP contribution in [0.4, 0.5) is 0 Å². The Morgan fingerprint density at radius 2 is 1.83 bits per heavy atom. The van der Waals surface area contributed by atoms with Gasteiger partial charge in [0.05, 0.1) is 0 Å². The average molecular weight is 253 g/mol. The van der Waals surface area contributed by atoms with Crippen LogP contribution in [0.5, 0.6) is 0 Å². The highest BCUT2D eigenvalue weighted by Crippen LogP contribution is 2.42. The first-order valence-corrected chi connectivity index (χ1v) is 8.11. The Morgan fingerprint density at radius 3 is 2.33 bits per heavy atom. The van der Waals surface area contributed by atoms with E-state index in [1.807, 2.05) is 0 Å². The second-order valence-corrected chi connectivity index (χ2v) is 7.55. The molecular weight excluding hydrogens is 218 g/mol. The predicted octanol–water partition coefficient (Wildman–Crippen LogP) is 4.86. The highest BCUT2D eigenvalue weighted by atomic mass is 14.9. The maximum absolute atomic E-state index is 3.74. The largest absolute Gasteiger partial charge is 0.314 e. The number of rotatable bonds is 5. The Morgan fingerprint density at radius 1 is 1.17 bits per heavy atom. The van der Waals surface area contributed by atoms with Crippen LogP contribution in [0.15, 0.2) is 0 Å². The summed E-state index contributed by atoms with van der Waals surface area (Å²) in [5.74, 6) is 2.70.